The summed E-state index contributed by atoms with van der Waals surface area (Å²) in [7, 11) is 14.5. The van der Waals surface area contributed by atoms with Gasteiger partial charge < -0.3 is 15.2 Å². The van der Waals surface area contributed by atoms with E-state index < -0.39 is 10.9 Å². The van der Waals surface area contributed by atoms with Crippen LogP contribution in [0.25, 0.3) is 11.1 Å². The number of hydrogen-bond donors (Lipinski definition) is 1. The molecule has 1 aliphatic heterocycles. The summed E-state index contributed by atoms with van der Waals surface area (Å²) < 4.78 is 11.2. The molecule has 5 nitrogen and oxygen atoms in total. The Hall–Kier alpha value is -2.42. The largest absolute Gasteiger partial charge is 0.479 e. The number of benzene rings is 2. The number of amidine groups is 1. The van der Waals surface area contributed by atoms with Crippen molar-refractivity contribution in [1.82, 2.24) is 0 Å². The maximum atomic E-state index is 9.39. The standard InChI is InChI=1S/C25H24B2ClN3O2/c1-32-20-4-6-23(7-5-20)12-17-3-2-16(18-8-15(13-29)9-19(28)10-18)11-21(17)24(23)14-25(26,27)33-22(30)31-24/h2-3,8-11,20H,4-7,12,14H2,1H3,(H2,30,31). The Kier molecular flexibility index (Phi) is 5.30. The molecular formula is C25H24B2ClN3O2. The summed E-state index contributed by atoms with van der Waals surface area (Å²) in [6, 6.07) is 13.9. The molecule has 164 valence electrons. The molecule has 1 heterocycles. The van der Waals surface area contributed by atoms with Crippen LogP contribution < -0.4 is 5.73 Å². The summed E-state index contributed by atoms with van der Waals surface area (Å²) in [5, 5.41) is 8.49. The molecular weight excluding hydrogens is 431 g/mol. The van der Waals surface area contributed by atoms with Crippen LogP contribution in [0.2, 0.25) is 5.02 Å². The first-order valence-electron chi connectivity index (χ1n) is 11.2. The van der Waals surface area contributed by atoms with Crippen LogP contribution in [0.15, 0.2) is 41.4 Å². The average Bonchev–Trinajstić information content (AvgIpc) is 3.00. The first-order valence-corrected chi connectivity index (χ1v) is 11.6. The zero-order chi connectivity index (χ0) is 23.4. The predicted molar refractivity (Wildman–Crippen MR) is 130 cm³/mol. The zero-order valence-electron chi connectivity index (χ0n) is 18.6. The van der Waals surface area contributed by atoms with Crippen LogP contribution in [0.3, 0.4) is 0 Å². The van der Waals surface area contributed by atoms with Gasteiger partial charge in [-0.3, -0.25) is 0 Å². The van der Waals surface area contributed by atoms with Gasteiger partial charge in [0.25, 0.3) is 6.02 Å². The molecule has 5 rings (SSSR count). The Bertz CT molecular complexity index is 1180. The highest BCUT2D eigenvalue weighted by molar-refractivity contribution is 6.39. The van der Waals surface area contributed by atoms with Gasteiger partial charge in [0.2, 0.25) is 0 Å². The maximum Gasteiger partial charge on any atom is 0.281 e. The number of hydrogen-bond acceptors (Lipinski definition) is 5. The van der Waals surface area contributed by atoms with Crippen molar-refractivity contribution in [2.75, 3.05) is 7.11 Å². The fourth-order valence-corrected chi connectivity index (χ4v) is 6.46. The number of halogens is 1. The van der Waals surface area contributed by atoms with E-state index in [0.29, 0.717) is 17.0 Å². The van der Waals surface area contributed by atoms with Crippen molar-refractivity contribution in [3.63, 3.8) is 0 Å². The van der Waals surface area contributed by atoms with Crippen molar-refractivity contribution in [2.24, 2.45) is 16.1 Å². The molecule has 0 bridgehead atoms. The van der Waals surface area contributed by atoms with Crippen LogP contribution in [0.1, 0.15) is 48.8 Å². The highest BCUT2D eigenvalue weighted by Crippen LogP contribution is 2.63. The number of rotatable bonds is 2. The molecule has 2 aromatic carbocycles. The third-order valence-electron chi connectivity index (χ3n) is 7.67. The van der Waals surface area contributed by atoms with Crippen LogP contribution in [0.5, 0.6) is 0 Å². The first kappa shape index (κ1) is 22.4. The number of methoxy groups -OCH3 is 1. The van der Waals surface area contributed by atoms with Gasteiger partial charge in [0, 0.05) is 22.9 Å². The molecule has 2 N–H and O–H groups in total. The lowest BCUT2D eigenvalue weighted by molar-refractivity contribution is -0.0226. The Morgan fingerprint density at radius 3 is 2.61 bits per heavy atom. The fourth-order valence-electron chi connectivity index (χ4n) is 6.23. The van der Waals surface area contributed by atoms with Gasteiger partial charge >= 0.3 is 0 Å². The second kappa shape index (κ2) is 7.82. The highest BCUT2D eigenvalue weighted by Gasteiger charge is 2.61. The molecule has 1 fully saturated rings. The number of nitrogens with two attached hydrogens (primary N) is 1. The Morgan fingerprint density at radius 1 is 1.18 bits per heavy atom. The minimum Gasteiger partial charge on any atom is -0.479 e. The Balaban J connectivity index is 1.68. The quantitative estimate of drug-likeness (QED) is 0.696. The van der Waals surface area contributed by atoms with Gasteiger partial charge in [0.05, 0.1) is 23.3 Å². The predicted octanol–water partition coefficient (Wildman–Crippen LogP) is 3.93. The van der Waals surface area contributed by atoms with E-state index in [9.17, 15) is 5.26 Å². The van der Waals surface area contributed by atoms with Gasteiger partial charge in [-0.2, -0.15) is 5.26 Å². The van der Waals surface area contributed by atoms with E-state index in [1.165, 1.54) is 5.56 Å². The van der Waals surface area contributed by atoms with Crippen LogP contribution >= 0.6 is 11.6 Å². The van der Waals surface area contributed by atoms with Crippen LogP contribution in [0, 0.1) is 16.7 Å². The van der Waals surface area contributed by atoms with Gasteiger partial charge in [0.1, 0.15) is 15.7 Å². The molecule has 2 aliphatic carbocycles. The van der Waals surface area contributed by atoms with Gasteiger partial charge in [-0.1, -0.05) is 23.7 Å². The van der Waals surface area contributed by atoms with Gasteiger partial charge in [-0.05, 0) is 85.0 Å². The summed E-state index contributed by atoms with van der Waals surface area (Å²) in [5.74, 6) is 0. The normalized spacial score (nSPS) is 29.8. The molecule has 8 heteroatoms. The van der Waals surface area contributed by atoms with E-state index in [0.717, 1.165) is 48.8 Å². The van der Waals surface area contributed by atoms with Crippen molar-refractivity contribution in [3.05, 3.63) is 58.1 Å². The van der Waals surface area contributed by atoms with Crippen LogP contribution in [-0.4, -0.2) is 40.3 Å². The minimum atomic E-state index is -1.42. The average molecular weight is 456 g/mol. The van der Waals surface area contributed by atoms with Gasteiger partial charge in [0.15, 0.2) is 0 Å². The van der Waals surface area contributed by atoms with Crippen molar-refractivity contribution < 1.29 is 9.47 Å². The minimum absolute atomic E-state index is 0.0206. The lowest BCUT2D eigenvalue weighted by Gasteiger charge is -2.52. The van der Waals surface area contributed by atoms with Gasteiger partial charge in [-0.15, -0.1) is 0 Å². The maximum absolute atomic E-state index is 9.39. The van der Waals surface area contributed by atoms with Crippen molar-refractivity contribution in [3.8, 4) is 17.2 Å². The molecule has 2 aromatic rings. The molecule has 3 aliphatic rings. The Labute approximate surface area is 202 Å². The van der Waals surface area contributed by atoms with E-state index >= 15 is 0 Å². The number of nitrogens with zero attached hydrogens (tertiary/aromatic N) is 2. The molecule has 1 atom stereocenters. The SMILES string of the molecule is [B]C1([B])CC2(N=C(N)O1)c1cc(-c3cc(Cl)cc(C#N)c3)ccc1CC21CCC(OC)CC1. The molecule has 33 heavy (non-hydrogen) atoms. The van der Waals surface area contributed by atoms with Gasteiger partial charge in [-0.25, -0.2) is 4.99 Å². The number of aliphatic imine (C=N–C) groups is 1. The molecule has 0 aromatic heterocycles. The van der Waals surface area contributed by atoms with Crippen molar-refractivity contribution >= 4 is 33.3 Å². The van der Waals surface area contributed by atoms with E-state index in [2.05, 4.69) is 24.3 Å². The van der Waals surface area contributed by atoms with E-state index in [-0.39, 0.29) is 17.5 Å². The topological polar surface area (TPSA) is 80.6 Å². The second-order valence-corrected chi connectivity index (χ2v) is 10.1. The summed E-state index contributed by atoms with van der Waals surface area (Å²) in [6.45, 7) is 0. The molecule has 1 saturated carbocycles. The summed E-state index contributed by atoms with van der Waals surface area (Å²) >= 11 is 6.29. The molecule has 2 spiro atoms. The van der Waals surface area contributed by atoms with Crippen LogP contribution in [0.4, 0.5) is 0 Å². The monoisotopic (exact) mass is 455 g/mol. The lowest BCUT2D eigenvalue weighted by Crippen LogP contribution is -2.56. The lowest BCUT2D eigenvalue weighted by atomic mass is 9.52. The third kappa shape index (κ3) is 3.64. The first-order chi connectivity index (χ1) is 15.7. The molecule has 0 saturated heterocycles. The summed E-state index contributed by atoms with van der Waals surface area (Å²) in [4.78, 5) is 4.96. The summed E-state index contributed by atoms with van der Waals surface area (Å²) in [5.41, 5.74) is 9.92. The fraction of sp³-hybridized carbons (Fsp3) is 0.440. The third-order valence-corrected chi connectivity index (χ3v) is 7.89. The van der Waals surface area contributed by atoms with Crippen molar-refractivity contribution in [1.29, 1.82) is 5.26 Å². The summed E-state index contributed by atoms with van der Waals surface area (Å²) in [6.07, 6.45) is 5.17. The molecule has 4 radical (unpaired) electrons. The zero-order valence-corrected chi connectivity index (χ0v) is 19.4. The van der Waals surface area contributed by atoms with E-state index in [4.69, 9.17) is 47.5 Å². The smallest absolute Gasteiger partial charge is 0.281 e. The Morgan fingerprint density at radius 2 is 1.94 bits per heavy atom. The number of nitriles is 1. The van der Waals surface area contributed by atoms with Crippen LogP contribution in [-0.2, 0) is 21.4 Å². The van der Waals surface area contributed by atoms with E-state index in [1.54, 1.807) is 13.2 Å². The molecule has 1 unspecified atom stereocenters. The number of fused-ring (bicyclic) bond motifs is 3. The van der Waals surface area contributed by atoms with Crippen molar-refractivity contribution in [2.45, 2.75) is 55.6 Å². The number of ether oxygens (including phenoxy) is 2. The highest BCUT2D eigenvalue weighted by atomic mass is 35.5. The molecule has 0 amide bonds. The second-order valence-electron chi connectivity index (χ2n) is 9.65. The van der Waals surface area contributed by atoms with E-state index in [1.807, 2.05) is 12.1 Å².